The molecule has 0 spiro atoms. The molecule has 0 amide bonds. The van der Waals surface area contributed by atoms with Crippen LogP contribution >= 0.6 is 11.6 Å². The fourth-order valence-corrected chi connectivity index (χ4v) is 3.13. The molecule has 1 aromatic heterocycles. The van der Waals surface area contributed by atoms with E-state index >= 15 is 0 Å². The molecule has 132 valence electrons. The molecule has 0 aliphatic rings. The highest BCUT2D eigenvalue weighted by Gasteiger charge is 2.10. The molecule has 4 nitrogen and oxygen atoms in total. The molecule has 0 aliphatic heterocycles. The van der Waals surface area contributed by atoms with Crippen molar-refractivity contribution in [3.63, 3.8) is 0 Å². The van der Waals surface area contributed by atoms with Crippen LogP contribution in [-0.4, -0.2) is 21.9 Å². The molecule has 0 saturated carbocycles. The molecule has 3 aromatic rings. The third kappa shape index (κ3) is 3.55. The van der Waals surface area contributed by atoms with Gasteiger partial charge in [0, 0.05) is 28.9 Å². The Morgan fingerprint density at radius 3 is 2.58 bits per heavy atom. The number of aromatic carboxylic acids is 1. The van der Waals surface area contributed by atoms with Crippen molar-refractivity contribution in [1.29, 1.82) is 0 Å². The number of hydrogen-bond acceptors (Lipinski definition) is 2. The monoisotopic (exact) mass is 366 g/mol. The van der Waals surface area contributed by atoms with Crippen molar-refractivity contribution < 1.29 is 9.90 Å². The molecule has 0 bridgehead atoms. The zero-order chi connectivity index (χ0) is 18.8. The number of nitrogens with zero attached hydrogens (tertiary/aromatic N) is 2. The number of aliphatic imine (C=N–C) groups is 1. The molecule has 3 rings (SSSR count). The first-order valence-corrected chi connectivity index (χ1v) is 8.57. The summed E-state index contributed by atoms with van der Waals surface area (Å²) in [7, 11) is 0. The fourth-order valence-electron chi connectivity index (χ4n) is 2.97. The third-order valence-electron chi connectivity index (χ3n) is 4.27. The van der Waals surface area contributed by atoms with E-state index in [0.29, 0.717) is 10.7 Å². The van der Waals surface area contributed by atoms with Gasteiger partial charge in [0.1, 0.15) is 0 Å². The van der Waals surface area contributed by atoms with Gasteiger partial charge in [0.2, 0.25) is 0 Å². The molecule has 5 heteroatoms. The summed E-state index contributed by atoms with van der Waals surface area (Å²) in [6.45, 7) is 6.15. The summed E-state index contributed by atoms with van der Waals surface area (Å²) in [5.74, 6) is -1.00. The van der Waals surface area contributed by atoms with E-state index in [0.717, 1.165) is 22.6 Å². The van der Waals surface area contributed by atoms with E-state index in [9.17, 15) is 4.79 Å². The van der Waals surface area contributed by atoms with E-state index in [1.165, 1.54) is 17.7 Å². The number of halogens is 1. The van der Waals surface area contributed by atoms with Gasteiger partial charge in [-0.05, 0) is 62.7 Å². The van der Waals surface area contributed by atoms with Crippen molar-refractivity contribution in [3.8, 4) is 5.69 Å². The Kier molecular flexibility index (Phi) is 4.96. The highest BCUT2D eigenvalue weighted by Crippen LogP contribution is 2.27. The minimum absolute atomic E-state index is 0.159. The van der Waals surface area contributed by atoms with E-state index < -0.39 is 5.97 Å². The number of carboxylic acids is 1. The molecule has 0 atom stereocenters. The van der Waals surface area contributed by atoms with Crippen LogP contribution < -0.4 is 0 Å². The number of benzene rings is 2. The maximum absolute atomic E-state index is 11.1. The van der Waals surface area contributed by atoms with E-state index in [1.807, 2.05) is 19.9 Å². The number of carbonyl (C=O) groups is 1. The number of aryl methyl sites for hydroxylation is 2. The van der Waals surface area contributed by atoms with Gasteiger partial charge in [-0.15, -0.1) is 0 Å². The highest BCUT2D eigenvalue weighted by atomic mass is 35.5. The van der Waals surface area contributed by atoms with Crippen LogP contribution in [0.3, 0.4) is 0 Å². The molecule has 0 saturated heterocycles. The highest BCUT2D eigenvalue weighted by molar-refractivity contribution is 6.33. The Labute approximate surface area is 157 Å². The minimum atomic E-state index is -1.00. The van der Waals surface area contributed by atoms with Gasteiger partial charge in [-0.3, -0.25) is 4.99 Å². The number of aromatic nitrogens is 1. The van der Waals surface area contributed by atoms with Crippen molar-refractivity contribution in [2.75, 3.05) is 0 Å². The second kappa shape index (κ2) is 7.18. The lowest BCUT2D eigenvalue weighted by atomic mass is 10.2. The van der Waals surface area contributed by atoms with Crippen LogP contribution in [0.25, 0.3) is 5.69 Å². The normalized spacial score (nSPS) is 11.2. The Balaban J connectivity index is 2.00. The summed E-state index contributed by atoms with van der Waals surface area (Å²) in [5.41, 5.74) is 6.01. The van der Waals surface area contributed by atoms with Crippen LogP contribution in [0.1, 0.15) is 32.9 Å². The molecule has 1 heterocycles. The lowest BCUT2D eigenvalue weighted by Crippen LogP contribution is -1.99. The lowest BCUT2D eigenvalue weighted by Gasteiger charge is -2.10. The molecular weight excluding hydrogens is 348 g/mol. The Hall–Kier alpha value is -2.85. The van der Waals surface area contributed by atoms with Gasteiger partial charge in [0.05, 0.1) is 16.3 Å². The summed E-state index contributed by atoms with van der Waals surface area (Å²) in [4.78, 5) is 15.5. The molecule has 2 aromatic carbocycles. The smallest absolute Gasteiger partial charge is 0.335 e. The van der Waals surface area contributed by atoms with Crippen molar-refractivity contribution in [3.05, 3.63) is 81.6 Å². The standard InChI is InChI=1S/C21H19ClN2O2/c1-13-5-4-6-18(9-13)24-14(2)10-17(15(24)3)12-23-20-11-16(21(25)26)7-8-19(20)22/h4-12H,1-3H3,(H,25,26). The summed E-state index contributed by atoms with van der Waals surface area (Å²) >= 11 is 6.14. The van der Waals surface area contributed by atoms with E-state index in [-0.39, 0.29) is 5.56 Å². The quantitative estimate of drug-likeness (QED) is 0.619. The maximum atomic E-state index is 11.1. The summed E-state index contributed by atoms with van der Waals surface area (Å²) in [5, 5.41) is 9.53. The first-order chi connectivity index (χ1) is 12.4. The number of hydrogen-bond donors (Lipinski definition) is 1. The first kappa shape index (κ1) is 18.0. The van der Waals surface area contributed by atoms with Gasteiger partial charge in [-0.1, -0.05) is 23.7 Å². The van der Waals surface area contributed by atoms with Gasteiger partial charge in [0.25, 0.3) is 0 Å². The SMILES string of the molecule is Cc1cccc(-n2c(C)cc(C=Nc3cc(C(=O)O)ccc3Cl)c2C)c1. The molecule has 1 N–H and O–H groups in total. The zero-order valence-corrected chi connectivity index (χ0v) is 15.6. The molecule has 0 fully saturated rings. The zero-order valence-electron chi connectivity index (χ0n) is 14.8. The van der Waals surface area contributed by atoms with Crippen LogP contribution in [0, 0.1) is 20.8 Å². The first-order valence-electron chi connectivity index (χ1n) is 8.19. The van der Waals surface area contributed by atoms with Gasteiger partial charge in [0.15, 0.2) is 0 Å². The van der Waals surface area contributed by atoms with Crippen LogP contribution in [0.5, 0.6) is 0 Å². The summed E-state index contributed by atoms with van der Waals surface area (Å²) in [6, 6.07) is 14.8. The van der Waals surface area contributed by atoms with Crippen molar-refractivity contribution in [1.82, 2.24) is 4.57 Å². The van der Waals surface area contributed by atoms with E-state index in [2.05, 4.69) is 40.7 Å². The largest absolute Gasteiger partial charge is 0.478 e. The predicted octanol–water partition coefficient (Wildman–Crippen LogP) is 5.50. The lowest BCUT2D eigenvalue weighted by molar-refractivity contribution is 0.0697. The Morgan fingerprint density at radius 2 is 1.88 bits per heavy atom. The van der Waals surface area contributed by atoms with Crippen molar-refractivity contribution in [2.45, 2.75) is 20.8 Å². The second-order valence-corrected chi connectivity index (χ2v) is 6.64. The average Bonchev–Trinajstić information content (AvgIpc) is 2.87. The molecular formula is C21H19ClN2O2. The average molecular weight is 367 g/mol. The van der Waals surface area contributed by atoms with Gasteiger partial charge >= 0.3 is 5.97 Å². The molecule has 26 heavy (non-hydrogen) atoms. The number of carboxylic acid groups (broad SMARTS) is 1. The van der Waals surface area contributed by atoms with Crippen molar-refractivity contribution >= 4 is 29.5 Å². The van der Waals surface area contributed by atoms with Gasteiger partial charge in [-0.2, -0.15) is 0 Å². The molecule has 0 aliphatic carbocycles. The number of rotatable bonds is 4. The van der Waals surface area contributed by atoms with Gasteiger partial charge < -0.3 is 9.67 Å². The maximum Gasteiger partial charge on any atom is 0.335 e. The van der Waals surface area contributed by atoms with Crippen LogP contribution in [0.15, 0.2) is 53.5 Å². The summed E-state index contributed by atoms with van der Waals surface area (Å²) in [6.07, 6.45) is 1.72. The van der Waals surface area contributed by atoms with E-state index in [1.54, 1.807) is 12.3 Å². The second-order valence-electron chi connectivity index (χ2n) is 6.23. The van der Waals surface area contributed by atoms with Crippen LogP contribution in [0.2, 0.25) is 5.02 Å². The molecule has 0 radical (unpaired) electrons. The van der Waals surface area contributed by atoms with Crippen molar-refractivity contribution in [2.24, 2.45) is 4.99 Å². The van der Waals surface area contributed by atoms with Crippen LogP contribution in [-0.2, 0) is 0 Å². The Bertz CT molecular complexity index is 1020. The fraction of sp³-hybridized carbons (Fsp3) is 0.143. The minimum Gasteiger partial charge on any atom is -0.478 e. The molecule has 0 unspecified atom stereocenters. The third-order valence-corrected chi connectivity index (χ3v) is 4.59. The predicted molar refractivity (Wildman–Crippen MR) is 106 cm³/mol. The Morgan fingerprint density at radius 1 is 1.12 bits per heavy atom. The van der Waals surface area contributed by atoms with Crippen LogP contribution in [0.4, 0.5) is 5.69 Å². The summed E-state index contributed by atoms with van der Waals surface area (Å²) < 4.78 is 2.17. The topological polar surface area (TPSA) is 54.6 Å². The van der Waals surface area contributed by atoms with E-state index in [4.69, 9.17) is 16.7 Å². The van der Waals surface area contributed by atoms with Gasteiger partial charge in [-0.25, -0.2) is 4.79 Å².